The highest BCUT2D eigenvalue weighted by molar-refractivity contribution is 8.00. The van der Waals surface area contributed by atoms with Crippen LogP contribution in [0.1, 0.15) is 50.3 Å². The van der Waals surface area contributed by atoms with E-state index in [1.54, 1.807) is 12.3 Å². The molecule has 0 aliphatic carbocycles. The van der Waals surface area contributed by atoms with Crippen molar-refractivity contribution in [2.45, 2.75) is 56.5 Å². The minimum atomic E-state index is -0.413. The van der Waals surface area contributed by atoms with Crippen molar-refractivity contribution in [3.8, 4) is 0 Å². The third-order valence-electron chi connectivity index (χ3n) is 4.77. The Labute approximate surface area is 185 Å². The zero-order valence-corrected chi connectivity index (χ0v) is 18.7. The average molecular weight is 442 g/mol. The van der Waals surface area contributed by atoms with E-state index in [0.717, 1.165) is 17.0 Å². The van der Waals surface area contributed by atoms with Crippen LogP contribution in [0.5, 0.6) is 0 Å². The van der Waals surface area contributed by atoms with E-state index < -0.39 is 11.2 Å². The molecule has 1 aromatic carbocycles. The van der Waals surface area contributed by atoms with E-state index in [-0.39, 0.29) is 12.3 Å². The van der Waals surface area contributed by atoms with E-state index in [9.17, 15) is 9.59 Å². The van der Waals surface area contributed by atoms with Crippen LogP contribution in [0, 0.1) is 0 Å². The number of hydrogen-bond acceptors (Lipinski definition) is 6. The second-order valence-corrected chi connectivity index (χ2v) is 8.83. The van der Waals surface area contributed by atoms with Crippen LogP contribution < -0.4 is 11.1 Å². The molecular weight excluding hydrogens is 414 g/mol. The van der Waals surface area contributed by atoms with E-state index in [4.69, 9.17) is 10.2 Å². The Hall–Kier alpha value is -3.07. The zero-order valence-electron chi connectivity index (χ0n) is 17.9. The number of carbonyl (C=O) groups excluding carboxylic acids is 2. The van der Waals surface area contributed by atoms with E-state index in [1.807, 2.05) is 41.8 Å². The summed E-state index contributed by atoms with van der Waals surface area (Å²) in [4.78, 5) is 24.1. The molecule has 0 unspecified atom stereocenters. The molecule has 31 heavy (non-hydrogen) atoms. The van der Waals surface area contributed by atoms with Gasteiger partial charge in [-0.2, -0.15) is 0 Å². The molecule has 0 aliphatic heterocycles. The lowest BCUT2D eigenvalue weighted by Crippen LogP contribution is -2.24. The summed E-state index contributed by atoms with van der Waals surface area (Å²) in [7, 11) is 0. The van der Waals surface area contributed by atoms with Gasteiger partial charge >= 0.3 is 0 Å². The van der Waals surface area contributed by atoms with Gasteiger partial charge in [-0.15, -0.1) is 10.2 Å². The molecule has 0 radical (unpaired) electrons. The molecule has 3 rings (SSSR count). The van der Waals surface area contributed by atoms with Crippen LogP contribution in [0.3, 0.4) is 0 Å². The van der Waals surface area contributed by atoms with Gasteiger partial charge in [0.25, 0.3) is 0 Å². The summed E-state index contributed by atoms with van der Waals surface area (Å²) in [5, 5.41) is 11.7. The predicted molar refractivity (Wildman–Crippen MR) is 120 cm³/mol. The minimum Gasteiger partial charge on any atom is -0.467 e. The Morgan fingerprint density at radius 2 is 1.94 bits per heavy atom. The molecule has 164 valence electrons. The SMILES string of the molecule is CC(C)c1ccccc1NC(=O)[C@H](C)Sc1nnc(CCC(N)=O)n1Cc1ccco1. The highest BCUT2D eigenvalue weighted by Gasteiger charge is 2.22. The van der Waals surface area contributed by atoms with E-state index in [0.29, 0.717) is 29.9 Å². The van der Waals surface area contributed by atoms with E-state index in [1.165, 1.54) is 11.8 Å². The Balaban J connectivity index is 1.76. The lowest BCUT2D eigenvalue weighted by Gasteiger charge is -2.16. The van der Waals surface area contributed by atoms with Gasteiger partial charge in [0.15, 0.2) is 5.16 Å². The highest BCUT2D eigenvalue weighted by Crippen LogP contribution is 2.27. The molecule has 9 heteroatoms. The number of nitrogens with zero attached hydrogens (tertiary/aromatic N) is 3. The Bertz CT molecular complexity index is 1030. The maximum absolute atomic E-state index is 12.9. The fraction of sp³-hybridized carbons (Fsp3) is 0.364. The van der Waals surface area contributed by atoms with Gasteiger partial charge in [0.1, 0.15) is 11.6 Å². The molecule has 3 aromatic rings. The number of para-hydroxylation sites is 1. The number of benzene rings is 1. The summed E-state index contributed by atoms with van der Waals surface area (Å²) in [6, 6.07) is 11.5. The van der Waals surface area contributed by atoms with E-state index >= 15 is 0 Å². The summed E-state index contributed by atoms with van der Waals surface area (Å²) in [5.74, 6) is 1.12. The number of rotatable bonds is 10. The van der Waals surface area contributed by atoms with Gasteiger partial charge in [-0.05, 0) is 36.6 Å². The van der Waals surface area contributed by atoms with Crippen LogP contribution in [0.25, 0.3) is 0 Å². The van der Waals surface area contributed by atoms with Crippen LogP contribution >= 0.6 is 11.8 Å². The smallest absolute Gasteiger partial charge is 0.237 e. The molecule has 0 spiro atoms. The maximum Gasteiger partial charge on any atom is 0.237 e. The molecular formula is C22H27N5O3S. The van der Waals surface area contributed by atoms with Crippen LogP contribution in [-0.4, -0.2) is 31.8 Å². The number of carbonyl (C=O) groups is 2. The normalized spacial score (nSPS) is 12.1. The third-order valence-corrected chi connectivity index (χ3v) is 5.86. The maximum atomic E-state index is 12.9. The highest BCUT2D eigenvalue weighted by atomic mass is 32.2. The van der Waals surface area contributed by atoms with Crippen LogP contribution in [0.2, 0.25) is 0 Å². The Kier molecular flexibility index (Phi) is 7.51. The van der Waals surface area contributed by atoms with Crippen LogP contribution in [-0.2, 0) is 22.6 Å². The molecule has 2 aromatic heterocycles. The van der Waals surface area contributed by atoms with Crippen molar-refractivity contribution in [1.29, 1.82) is 0 Å². The summed E-state index contributed by atoms with van der Waals surface area (Å²) in [6.07, 6.45) is 2.13. The molecule has 8 nitrogen and oxygen atoms in total. The molecule has 3 N–H and O–H groups in total. The molecule has 0 bridgehead atoms. The molecule has 1 atom stereocenters. The second kappa shape index (κ2) is 10.3. The summed E-state index contributed by atoms with van der Waals surface area (Å²) < 4.78 is 7.31. The van der Waals surface area contributed by atoms with Gasteiger partial charge in [-0.1, -0.05) is 43.8 Å². The number of nitrogens with one attached hydrogen (secondary N) is 1. The largest absolute Gasteiger partial charge is 0.467 e. The summed E-state index contributed by atoms with van der Waals surface area (Å²) >= 11 is 1.31. The predicted octanol–water partition coefficient (Wildman–Crippen LogP) is 3.58. The van der Waals surface area contributed by atoms with Crippen molar-refractivity contribution in [3.63, 3.8) is 0 Å². The number of aryl methyl sites for hydroxylation is 1. The fourth-order valence-corrected chi connectivity index (χ4v) is 3.97. The van der Waals surface area contributed by atoms with Crippen LogP contribution in [0.15, 0.2) is 52.2 Å². The van der Waals surface area contributed by atoms with Crippen LogP contribution in [0.4, 0.5) is 5.69 Å². The van der Waals surface area contributed by atoms with Gasteiger partial charge < -0.3 is 15.5 Å². The number of amides is 2. The van der Waals surface area contributed by atoms with Crippen molar-refractivity contribution >= 4 is 29.3 Å². The zero-order chi connectivity index (χ0) is 22.4. The van der Waals surface area contributed by atoms with Gasteiger partial charge in [0.2, 0.25) is 11.8 Å². The number of aromatic nitrogens is 3. The van der Waals surface area contributed by atoms with Gasteiger partial charge in [0, 0.05) is 18.5 Å². The quantitative estimate of drug-likeness (QED) is 0.465. The first-order valence-corrected chi connectivity index (χ1v) is 11.0. The first-order chi connectivity index (χ1) is 14.8. The number of thioether (sulfide) groups is 1. The average Bonchev–Trinajstić information content (AvgIpc) is 3.37. The molecule has 2 amide bonds. The van der Waals surface area contributed by atoms with Crippen molar-refractivity contribution in [2.75, 3.05) is 5.32 Å². The molecule has 0 fully saturated rings. The molecule has 2 heterocycles. The Morgan fingerprint density at radius 3 is 2.61 bits per heavy atom. The standard InChI is InChI=1S/C22H27N5O3S/c1-14(2)17-8-4-5-9-18(17)24-21(29)15(3)31-22-26-25-20(11-10-19(23)28)27(22)13-16-7-6-12-30-16/h4-9,12,14-15H,10-11,13H2,1-3H3,(H2,23,28)(H,24,29)/t15-/m0/s1. The Morgan fingerprint density at radius 1 is 1.16 bits per heavy atom. The minimum absolute atomic E-state index is 0.121. The van der Waals surface area contributed by atoms with Gasteiger partial charge in [-0.25, -0.2) is 0 Å². The van der Waals surface area contributed by atoms with Crippen molar-refractivity contribution < 1.29 is 14.0 Å². The summed E-state index contributed by atoms with van der Waals surface area (Å²) in [5.41, 5.74) is 7.19. The number of anilines is 1. The lowest BCUT2D eigenvalue weighted by atomic mass is 10.0. The van der Waals surface area contributed by atoms with Gasteiger partial charge in [0.05, 0.1) is 18.1 Å². The first-order valence-electron chi connectivity index (χ1n) is 10.1. The van der Waals surface area contributed by atoms with Crippen molar-refractivity contribution in [1.82, 2.24) is 14.8 Å². The monoisotopic (exact) mass is 441 g/mol. The second-order valence-electron chi connectivity index (χ2n) is 7.52. The molecule has 0 saturated carbocycles. The third kappa shape index (κ3) is 5.97. The van der Waals surface area contributed by atoms with E-state index in [2.05, 4.69) is 29.4 Å². The number of primary amides is 1. The molecule has 0 saturated heterocycles. The van der Waals surface area contributed by atoms with Gasteiger partial charge in [-0.3, -0.25) is 14.2 Å². The fourth-order valence-electron chi connectivity index (χ4n) is 3.10. The number of nitrogens with two attached hydrogens (primary N) is 1. The lowest BCUT2D eigenvalue weighted by molar-refractivity contribution is -0.118. The topological polar surface area (TPSA) is 116 Å². The van der Waals surface area contributed by atoms with Crippen molar-refractivity contribution in [2.24, 2.45) is 5.73 Å². The van der Waals surface area contributed by atoms with Crippen molar-refractivity contribution in [3.05, 3.63) is 59.8 Å². The summed E-state index contributed by atoms with van der Waals surface area (Å²) in [6.45, 7) is 6.41. The first kappa shape index (κ1) is 22.6. The molecule has 0 aliphatic rings. The number of hydrogen-bond donors (Lipinski definition) is 2. The number of furan rings is 1.